The van der Waals surface area contributed by atoms with Crippen LogP contribution in [0.25, 0.3) is 0 Å². The molecule has 5 nitrogen and oxygen atoms in total. The van der Waals surface area contributed by atoms with Crippen molar-refractivity contribution in [3.8, 4) is 0 Å². The highest BCUT2D eigenvalue weighted by Crippen LogP contribution is 2.08. The van der Waals surface area contributed by atoms with Crippen LogP contribution < -0.4 is 5.32 Å². The van der Waals surface area contributed by atoms with E-state index in [4.69, 9.17) is 4.74 Å². The Balaban J connectivity index is 2.47. The average molecular weight is 256 g/mol. The predicted octanol–water partition coefficient (Wildman–Crippen LogP) is 1.78. The van der Waals surface area contributed by atoms with Crippen molar-refractivity contribution in [2.45, 2.75) is 38.8 Å². The molecule has 0 aliphatic heterocycles. The maximum Gasteiger partial charge on any atom is 0.408 e. The van der Waals surface area contributed by atoms with Gasteiger partial charge in [-0.15, -0.1) is 11.3 Å². The third-order valence-electron chi connectivity index (χ3n) is 1.78. The number of ether oxygens (including phenoxy) is 1. The van der Waals surface area contributed by atoms with E-state index in [2.05, 4.69) is 10.3 Å². The lowest BCUT2D eigenvalue weighted by Gasteiger charge is -2.21. The summed E-state index contributed by atoms with van der Waals surface area (Å²) < 4.78 is 5.06. The molecule has 1 aromatic heterocycles. The number of carbonyl (C=O) groups excluding carboxylic acids is 2. The van der Waals surface area contributed by atoms with E-state index in [1.54, 1.807) is 26.3 Å². The summed E-state index contributed by atoms with van der Waals surface area (Å²) in [5, 5.41) is 4.34. The van der Waals surface area contributed by atoms with Gasteiger partial charge in [0, 0.05) is 11.8 Å². The number of alkyl carbamates (subject to hydrolysis) is 1. The lowest BCUT2D eigenvalue weighted by atomic mass is 10.2. The Morgan fingerprint density at radius 1 is 1.65 bits per heavy atom. The fraction of sp³-hybridized carbons (Fsp3) is 0.545. The molecule has 1 atom stereocenters. The highest BCUT2D eigenvalue weighted by molar-refractivity contribution is 7.07. The van der Waals surface area contributed by atoms with Crippen LogP contribution in [0, 0.1) is 0 Å². The van der Waals surface area contributed by atoms with E-state index in [0.717, 1.165) is 5.69 Å². The van der Waals surface area contributed by atoms with Gasteiger partial charge in [-0.25, -0.2) is 9.78 Å². The number of carbonyl (C=O) groups is 2. The Morgan fingerprint density at radius 2 is 2.35 bits per heavy atom. The molecule has 0 aliphatic carbocycles. The molecule has 1 rings (SSSR count). The summed E-state index contributed by atoms with van der Waals surface area (Å²) >= 11 is 1.45. The molecule has 0 aliphatic rings. The molecular weight excluding hydrogens is 240 g/mol. The van der Waals surface area contributed by atoms with E-state index in [0.29, 0.717) is 12.7 Å². The van der Waals surface area contributed by atoms with Crippen molar-refractivity contribution in [1.82, 2.24) is 10.3 Å². The fourth-order valence-corrected chi connectivity index (χ4v) is 1.73. The van der Waals surface area contributed by atoms with Gasteiger partial charge in [-0.1, -0.05) is 0 Å². The normalized spacial score (nSPS) is 12.9. The predicted molar refractivity (Wildman–Crippen MR) is 65.0 cm³/mol. The monoisotopic (exact) mass is 256 g/mol. The van der Waals surface area contributed by atoms with Crippen molar-refractivity contribution in [3.63, 3.8) is 0 Å². The Hall–Kier alpha value is -1.43. The van der Waals surface area contributed by atoms with Crippen LogP contribution >= 0.6 is 11.3 Å². The van der Waals surface area contributed by atoms with E-state index >= 15 is 0 Å². The first-order chi connectivity index (χ1) is 7.90. The summed E-state index contributed by atoms with van der Waals surface area (Å²) in [6, 6.07) is -0.605. The molecule has 17 heavy (non-hydrogen) atoms. The third-order valence-corrected chi connectivity index (χ3v) is 2.41. The first-order valence-electron chi connectivity index (χ1n) is 5.22. The van der Waals surface area contributed by atoms with Gasteiger partial charge in [0.05, 0.1) is 17.2 Å². The van der Waals surface area contributed by atoms with E-state index in [1.165, 1.54) is 11.3 Å². The lowest BCUT2D eigenvalue weighted by Crippen LogP contribution is -2.41. The fourth-order valence-electron chi connectivity index (χ4n) is 1.16. The Kier molecular flexibility index (Phi) is 4.62. The number of hydrogen-bond donors (Lipinski definition) is 1. The van der Waals surface area contributed by atoms with Crippen molar-refractivity contribution < 1.29 is 14.3 Å². The number of amides is 1. The van der Waals surface area contributed by atoms with Gasteiger partial charge in [0.1, 0.15) is 11.9 Å². The van der Waals surface area contributed by atoms with Crippen molar-refractivity contribution in [1.29, 1.82) is 0 Å². The molecule has 1 aromatic rings. The second-order valence-electron chi connectivity index (χ2n) is 4.57. The van der Waals surface area contributed by atoms with Gasteiger partial charge in [-0.3, -0.25) is 0 Å². The molecule has 0 aromatic carbocycles. The number of aromatic nitrogens is 1. The van der Waals surface area contributed by atoms with Gasteiger partial charge in [-0.2, -0.15) is 0 Å². The third kappa shape index (κ3) is 5.44. The second-order valence-corrected chi connectivity index (χ2v) is 5.29. The maximum atomic E-state index is 11.4. The molecule has 6 heteroatoms. The summed E-state index contributed by atoms with van der Waals surface area (Å²) in [6.07, 6.45) is 0.472. The molecule has 1 heterocycles. The highest BCUT2D eigenvalue weighted by atomic mass is 32.1. The van der Waals surface area contributed by atoms with Crippen LogP contribution in [0.3, 0.4) is 0 Å². The molecule has 1 N–H and O–H groups in total. The van der Waals surface area contributed by atoms with Gasteiger partial charge in [0.2, 0.25) is 0 Å². The van der Waals surface area contributed by atoms with Crippen LogP contribution in [-0.2, 0) is 16.0 Å². The average Bonchev–Trinajstić information content (AvgIpc) is 2.66. The highest BCUT2D eigenvalue weighted by Gasteiger charge is 2.19. The molecule has 0 unspecified atom stereocenters. The molecular formula is C11H16N2O3S. The zero-order chi connectivity index (χ0) is 12.9. The van der Waals surface area contributed by atoms with Crippen molar-refractivity contribution in [3.05, 3.63) is 16.6 Å². The minimum absolute atomic E-state index is 0.381. The lowest BCUT2D eigenvalue weighted by molar-refractivity contribution is -0.109. The quantitative estimate of drug-likeness (QED) is 0.834. The Labute approximate surface area is 104 Å². The molecule has 0 radical (unpaired) electrons. The summed E-state index contributed by atoms with van der Waals surface area (Å²) in [5.41, 5.74) is 1.89. The number of rotatable bonds is 4. The number of nitrogens with zero attached hydrogens (tertiary/aromatic N) is 1. The number of aldehydes is 1. The molecule has 94 valence electrons. The van der Waals surface area contributed by atoms with Crippen molar-refractivity contribution in [2.75, 3.05) is 0 Å². The van der Waals surface area contributed by atoms with Crippen molar-refractivity contribution >= 4 is 23.7 Å². The van der Waals surface area contributed by atoms with Gasteiger partial charge in [0.25, 0.3) is 0 Å². The second kappa shape index (κ2) is 5.77. The SMILES string of the molecule is CC(C)(C)OC(=O)N[C@H](C=O)Cc1cscn1. The molecule has 0 bridgehead atoms. The number of thiazole rings is 1. The topological polar surface area (TPSA) is 68.3 Å². The Morgan fingerprint density at radius 3 is 2.82 bits per heavy atom. The Bertz CT molecular complexity index is 371. The van der Waals surface area contributed by atoms with Crippen LogP contribution in [-0.4, -0.2) is 29.0 Å². The van der Waals surface area contributed by atoms with Gasteiger partial charge >= 0.3 is 6.09 Å². The molecule has 0 saturated heterocycles. The zero-order valence-electron chi connectivity index (χ0n) is 10.1. The maximum absolute atomic E-state index is 11.4. The molecule has 0 spiro atoms. The van der Waals surface area contributed by atoms with Crippen LogP contribution in [0.5, 0.6) is 0 Å². The first-order valence-corrected chi connectivity index (χ1v) is 6.17. The summed E-state index contributed by atoms with van der Waals surface area (Å²) in [7, 11) is 0. The van der Waals surface area contributed by atoms with E-state index < -0.39 is 17.7 Å². The minimum atomic E-state index is -0.605. The standard InChI is InChI=1S/C11H16N2O3S/c1-11(2,3)16-10(15)13-8(5-14)4-9-6-17-7-12-9/h5-8H,4H2,1-3H3,(H,13,15)/t8-/m0/s1. The summed E-state index contributed by atoms with van der Waals surface area (Å²) in [5.74, 6) is 0. The van der Waals surface area contributed by atoms with Crippen LogP contribution in [0.1, 0.15) is 26.5 Å². The van der Waals surface area contributed by atoms with Crippen molar-refractivity contribution in [2.24, 2.45) is 0 Å². The van der Waals surface area contributed by atoms with Crippen LogP contribution in [0.4, 0.5) is 4.79 Å². The molecule has 0 fully saturated rings. The largest absolute Gasteiger partial charge is 0.444 e. The molecule has 1 amide bonds. The van der Waals surface area contributed by atoms with E-state index in [9.17, 15) is 9.59 Å². The number of nitrogens with one attached hydrogen (secondary N) is 1. The van der Waals surface area contributed by atoms with Gasteiger partial charge < -0.3 is 14.8 Å². The summed E-state index contributed by atoms with van der Waals surface area (Å²) in [6.45, 7) is 5.30. The first kappa shape index (κ1) is 13.6. The minimum Gasteiger partial charge on any atom is -0.444 e. The van der Waals surface area contributed by atoms with Crippen LogP contribution in [0.15, 0.2) is 10.9 Å². The number of hydrogen-bond acceptors (Lipinski definition) is 5. The van der Waals surface area contributed by atoms with Crippen LogP contribution in [0.2, 0.25) is 0 Å². The van der Waals surface area contributed by atoms with Gasteiger partial charge in [0.15, 0.2) is 0 Å². The van der Waals surface area contributed by atoms with E-state index in [-0.39, 0.29) is 0 Å². The zero-order valence-corrected chi connectivity index (χ0v) is 10.9. The van der Waals surface area contributed by atoms with E-state index in [1.807, 2.05) is 5.38 Å². The molecule has 0 saturated carbocycles. The smallest absolute Gasteiger partial charge is 0.408 e. The van der Waals surface area contributed by atoms with Gasteiger partial charge in [-0.05, 0) is 20.8 Å². The summed E-state index contributed by atoms with van der Waals surface area (Å²) in [4.78, 5) is 26.3.